The summed E-state index contributed by atoms with van der Waals surface area (Å²) in [6, 6.07) is 7.34. The first-order chi connectivity index (χ1) is 12.5. The summed E-state index contributed by atoms with van der Waals surface area (Å²) in [5.41, 5.74) is 0. The number of rotatable bonds is 7. The lowest BCUT2D eigenvalue weighted by atomic mass is 10.3. The van der Waals surface area contributed by atoms with E-state index in [4.69, 9.17) is 0 Å². The lowest BCUT2D eigenvalue weighted by Crippen LogP contribution is -2.29. The molecular formula is C15H14F2N6O2S. The molecule has 0 atom stereocenters. The van der Waals surface area contributed by atoms with Crippen LogP contribution in [-0.4, -0.2) is 41.5 Å². The van der Waals surface area contributed by atoms with Crippen LogP contribution in [0.1, 0.15) is 0 Å². The molecule has 0 aliphatic heterocycles. The summed E-state index contributed by atoms with van der Waals surface area (Å²) in [6.45, 7) is 0.118. The molecule has 2 N–H and O–H groups in total. The normalized spacial score (nSPS) is 11.5. The topological polar surface area (TPSA) is 102 Å². The second-order valence-electron chi connectivity index (χ2n) is 5.13. The Kier molecular flexibility index (Phi) is 5.19. The van der Waals surface area contributed by atoms with Gasteiger partial charge in [0.1, 0.15) is 22.3 Å². The molecule has 0 spiro atoms. The van der Waals surface area contributed by atoms with Crippen LogP contribution in [0.3, 0.4) is 0 Å². The highest BCUT2D eigenvalue weighted by atomic mass is 32.2. The van der Waals surface area contributed by atoms with Crippen LogP contribution in [0.15, 0.2) is 53.7 Å². The summed E-state index contributed by atoms with van der Waals surface area (Å²) in [6.07, 6.45) is 3.33. The fourth-order valence-corrected chi connectivity index (χ4v) is 3.20. The second kappa shape index (κ2) is 7.54. The van der Waals surface area contributed by atoms with Gasteiger partial charge in [-0.15, -0.1) is 10.2 Å². The molecule has 0 amide bonds. The molecule has 2 heterocycles. The number of hydrogen-bond acceptors (Lipinski definition) is 6. The number of anilines is 1. The smallest absolute Gasteiger partial charge is 0.243 e. The van der Waals surface area contributed by atoms with Gasteiger partial charge in [-0.2, -0.15) is 5.10 Å². The molecule has 0 saturated heterocycles. The minimum absolute atomic E-state index is 0.0547. The predicted octanol–water partition coefficient (Wildman–Crippen LogP) is 1.33. The Hall–Kier alpha value is -2.92. The minimum Gasteiger partial charge on any atom is -0.367 e. The van der Waals surface area contributed by atoms with Crippen LogP contribution in [0.25, 0.3) is 5.82 Å². The number of nitrogens with one attached hydrogen (secondary N) is 2. The third-order valence-electron chi connectivity index (χ3n) is 3.30. The molecule has 11 heteroatoms. The third-order valence-corrected chi connectivity index (χ3v) is 4.77. The Bertz CT molecular complexity index is 978. The van der Waals surface area contributed by atoms with Gasteiger partial charge in [-0.25, -0.2) is 26.6 Å². The summed E-state index contributed by atoms with van der Waals surface area (Å²) in [4.78, 5) is -0.735. The molecule has 3 aromatic rings. The van der Waals surface area contributed by atoms with E-state index in [0.717, 1.165) is 12.1 Å². The summed E-state index contributed by atoms with van der Waals surface area (Å²) in [5.74, 6) is -0.899. The van der Waals surface area contributed by atoms with Crippen molar-refractivity contribution in [3.05, 3.63) is 60.4 Å². The van der Waals surface area contributed by atoms with Gasteiger partial charge in [-0.05, 0) is 36.4 Å². The van der Waals surface area contributed by atoms with Gasteiger partial charge in [0.2, 0.25) is 10.0 Å². The van der Waals surface area contributed by atoms with Gasteiger partial charge in [-0.3, -0.25) is 0 Å². The Morgan fingerprint density at radius 1 is 1.08 bits per heavy atom. The summed E-state index contributed by atoms with van der Waals surface area (Å²) >= 11 is 0. The van der Waals surface area contributed by atoms with E-state index < -0.39 is 26.6 Å². The van der Waals surface area contributed by atoms with Crippen LogP contribution >= 0.6 is 0 Å². The van der Waals surface area contributed by atoms with E-state index in [1.807, 2.05) is 0 Å². The van der Waals surface area contributed by atoms with Gasteiger partial charge in [-0.1, -0.05) is 0 Å². The minimum atomic E-state index is -4.16. The molecule has 1 aromatic carbocycles. The zero-order valence-electron chi connectivity index (χ0n) is 13.3. The first-order valence-corrected chi connectivity index (χ1v) is 8.96. The molecule has 0 radical (unpaired) electrons. The molecule has 26 heavy (non-hydrogen) atoms. The van der Waals surface area contributed by atoms with Gasteiger partial charge < -0.3 is 5.32 Å². The van der Waals surface area contributed by atoms with Crippen molar-refractivity contribution in [3.63, 3.8) is 0 Å². The zero-order valence-corrected chi connectivity index (χ0v) is 14.1. The molecule has 0 unspecified atom stereocenters. The molecular weight excluding hydrogens is 366 g/mol. The first-order valence-electron chi connectivity index (χ1n) is 7.48. The maximum Gasteiger partial charge on any atom is 0.243 e. The van der Waals surface area contributed by atoms with Crippen LogP contribution in [0.5, 0.6) is 0 Å². The standard InChI is InChI=1S/C15H14F2N6O2S/c16-11-2-3-12(17)13(10-11)26(24,25)20-8-7-18-14-4-5-15(22-21-14)23-9-1-6-19-23/h1-6,9-10,20H,7-8H2,(H,18,21). The number of nitrogens with zero attached hydrogens (tertiary/aromatic N) is 4. The number of halogens is 2. The summed E-state index contributed by atoms with van der Waals surface area (Å²) in [5, 5.41) is 14.8. The lowest BCUT2D eigenvalue weighted by molar-refractivity contribution is 0.546. The molecule has 0 bridgehead atoms. The fraction of sp³-hybridized carbons (Fsp3) is 0.133. The monoisotopic (exact) mass is 380 g/mol. The highest BCUT2D eigenvalue weighted by molar-refractivity contribution is 7.89. The molecule has 0 fully saturated rings. The molecule has 8 nitrogen and oxygen atoms in total. The van der Waals surface area contributed by atoms with E-state index in [-0.39, 0.29) is 13.1 Å². The highest BCUT2D eigenvalue weighted by Crippen LogP contribution is 2.15. The van der Waals surface area contributed by atoms with Crippen LogP contribution in [0.2, 0.25) is 0 Å². The van der Waals surface area contributed by atoms with Crippen LogP contribution in [-0.2, 0) is 10.0 Å². The largest absolute Gasteiger partial charge is 0.367 e. The third kappa shape index (κ3) is 4.18. The second-order valence-corrected chi connectivity index (χ2v) is 6.86. The Morgan fingerprint density at radius 3 is 2.62 bits per heavy atom. The maximum atomic E-state index is 13.6. The average Bonchev–Trinajstić information content (AvgIpc) is 3.16. The Labute approximate surface area is 147 Å². The van der Waals surface area contributed by atoms with Gasteiger partial charge >= 0.3 is 0 Å². The Morgan fingerprint density at radius 2 is 1.92 bits per heavy atom. The Balaban J connectivity index is 1.54. The van der Waals surface area contributed by atoms with E-state index in [1.54, 1.807) is 35.3 Å². The van der Waals surface area contributed by atoms with Crippen LogP contribution < -0.4 is 10.0 Å². The first kappa shape index (κ1) is 17.9. The van der Waals surface area contributed by atoms with E-state index in [9.17, 15) is 17.2 Å². The van der Waals surface area contributed by atoms with E-state index in [1.165, 1.54) is 0 Å². The fourth-order valence-electron chi connectivity index (χ4n) is 2.08. The van der Waals surface area contributed by atoms with Gasteiger partial charge in [0, 0.05) is 25.5 Å². The van der Waals surface area contributed by atoms with E-state index in [0.29, 0.717) is 17.7 Å². The van der Waals surface area contributed by atoms with E-state index >= 15 is 0 Å². The van der Waals surface area contributed by atoms with Gasteiger partial charge in [0.25, 0.3) is 0 Å². The van der Waals surface area contributed by atoms with Crippen molar-refractivity contribution in [2.24, 2.45) is 0 Å². The maximum absolute atomic E-state index is 13.6. The van der Waals surface area contributed by atoms with Crippen LogP contribution in [0, 0.1) is 11.6 Å². The molecule has 3 rings (SSSR count). The number of aromatic nitrogens is 4. The van der Waals surface area contributed by atoms with Crippen LogP contribution in [0.4, 0.5) is 14.6 Å². The van der Waals surface area contributed by atoms with Gasteiger partial charge in [0.05, 0.1) is 0 Å². The summed E-state index contributed by atoms with van der Waals surface area (Å²) < 4.78 is 54.4. The molecule has 0 aliphatic carbocycles. The average molecular weight is 380 g/mol. The SMILES string of the molecule is O=S(=O)(NCCNc1ccc(-n2cccn2)nn1)c1cc(F)ccc1F. The van der Waals surface area contributed by atoms with Crippen molar-refractivity contribution in [1.29, 1.82) is 0 Å². The molecule has 0 saturated carbocycles. The van der Waals surface area contributed by atoms with Crippen molar-refractivity contribution in [2.45, 2.75) is 4.90 Å². The molecule has 136 valence electrons. The number of sulfonamides is 1. The quantitative estimate of drug-likeness (QED) is 0.600. The predicted molar refractivity (Wildman–Crippen MR) is 89.2 cm³/mol. The van der Waals surface area contributed by atoms with Gasteiger partial charge in [0.15, 0.2) is 5.82 Å². The molecule has 0 aliphatic rings. The van der Waals surface area contributed by atoms with Crippen molar-refractivity contribution >= 4 is 15.8 Å². The van der Waals surface area contributed by atoms with Crippen molar-refractivity contribution in [2.75, 3.05) is 18.4 Å². The van der Waals surface area contributed by atoms with Crippen molar-refractivity contribution < 1.29 is 17.2 Å². The van der Waals surface area contributed by atoms with Crippen molar-refractivity contribution in [3.8, 4) is 5.82 Å². The lowest BCUT2D eigenvalue weighted by Gasteiger charge is -2.09. The van der Waals surface area contributed by atoms with Crippen molar-refractivity contribution in [1.82, 2.24) is 24.7 Å². The number of benzene rings is 1. The van der Waals surface area contributed by atoms with E-state index in [2.05, 4.69) is 25.3 Å². The zero-order chi connectivity index (χ0) is 18.6. The highest BCUT2D eigenvalue weighted by Gasteiger charge is 2.19. The summed E-state index contributed by atoms with van der Waals surface area (Å²) in [7, 11) is -4.16. The number of hydrogen-bond donors (Lipinski definition) is 2. The molecule has 2 aromatic heterocycles.